The third kappa shape index (κ3) is 8.04. The summed E-state index contributed by atoms with van der Waals surface area (Å²) in [5, 5.41) is 0. The van der Waals surface area contributed by atoms with Crippen molar-refractivity contribution in [3.05, 3.63) is 0 Å². The van der Waals surface area contributed by atoms with Gasteiger partial charge >= 0.3 is 0 Å². The number of rotatable bonds is 7. The summed E-state index contributed by atoms with van der Waals surface area (Å²) in [6.45, 7) is 0. The molecule has 0 aliphatic carbocycles. The number of carbonyl (C=O) groups excluding carboxylic acids is 2. The highest BCUT2D eigenvalue weighted by Crippen LogP contribution is 2.21. The summed E-state index contributed by atoms with van der Waals surface area (Å²) in [4.78, 5) is 19.6. The van der Waals surface area contributed by atoms with Crippen LogP contribution in [-0.4, -0.2) is 24.1 Å². The molecule has 0 atom stereocenters. The Morgan fingerprint density at radius 1 is 0.900 bits per heavy atom. The van der Waals surface area contributed by atoms with Crippen molar-refractivity contribution in [3.8, 4) is 0 Å². The molecule has 0 bridgehead atoms. The van der Waals surface area contributed by atoms with Gasteiger partial charge in [-0.25, -0.2) is 0 Å². The molecule has 0 aromatic heterocycles. The molecule has 0 aromatic rings. The lowest BCUT2D eigenvalue weighted by atomic mass is 10.6. The lowest BCUT2D eigenvalue weighted by Gasteiger charge is -1.92. The van der Waals surface area contributed by atoms with E-state index in [9.17, 15) is 9.59 Å². The van der Waals surface area contributed by atoms with E-state index in [2.05, 4.69) is 0 Å². The van der Waals surface area contributed by atoms with E-state index in [1.165, 1.54) is 0 Å². The van der Waals surface area contributed by atoms with Crippen molar-refractivity contribution < 1.29 is 9.59 Å². The third-order valence-electron chi connectivity index (χ3n) is 0.721. The molecule has 0 amide bonds. The quantitative estimate of drug-likeness (QED) is 0.336. The normalized spacial score (nSPS) is 9.20. The number of carbonyl (C=O) groups is 2. The van der Waals surface area contributed by atoms with E-state index in [-0.39, 0.29) is 0 Å². The molecule has 10 heavy (non-hydrogen) atoms. The first kappa shape index (κ1) is 10.0. The first-order chi connectivity index (χ1) is 4.91. The summed E-state index contributed by atoms with van der Waals surface area (Å²) in [6, 6.07) is 0. The first-order valence-corrected chi connectivity index (χ1v) is 5.52. The molecular formula is C6H10O2S2. The second kappa shape index (κ2) is 9.04. The Hall–Kier alpha value is 0.0400. The van der Waals surface area contributed by atoms with Crippen LogP contribution in [0.4, 0.5) is 0 Å². The van der Waals surface area contributed by atoms with Gasteiger partial charge in [0.25, 0.3) is 0 Å². The van der Waals surface area contributed by atoms with Gasteiger partial charge in [0.05, 0.1) is 0 Å². The average Bonchev–Trinajstić information content (AvgIpc) is 1.97. The maximum absolute atomic E-state index is 9.81. The molecule has 2 nitrogen and oxygen atoms in total. The zero-order valence-electron chi connectivity index (χ0n) is 5.62. The van der Waals surface area contributed by atoms with Gasteiger partial charge in [-0.2, -0.15) is 0 Å². The predicted octanol–water partition coefficient (Wildman–Crippen LogP) is 1.55. The van der Waals surface area contributed by atoms with Gasteiger partial charge in [-0.05, 0) is 0 Å². The van der Waals surface area contributed by atoms with Crippen molar-refractivity contribution in [3.63, 3.8) is 0 Å². The Morgan fingerprint density at radius 2 is 1.30 bits per heavy atom. The van der Waals surface area contributed by atoms with Gasteiger partial charge in [-0.1, -0.05) is 21.6 Å². The van der Waals surface area contributed by atoms with E-state index < -0.39 is 0 Å². The fourth-order valence-corrected chi connectivity index (χ4v) is 2.22. The predicted molar refractivity (Wildman–Crippen MR) is 46.3 cm³/mol. The van der Waals surface area contributed by atoms with Crippen LogP contribution in [0.25, 0.3) is 0 Å². The van der Waals surface area contributed by atoms with Gasteiger partial charge < -0.3 is 9.59 Å². The zero-order valence-corrected chi connectivity index (χ0v) is 7.25. The van der Waals surface area contributed by atoms with Crippen LogP contribution in [0, 0.1) is 0 Å². The van der Waals surface area contributed by atoms with Crippen molar-refractivity contribution in [1.29, 1.82) is 0 Å². The minimum absolute atomic E-state index is 0.610. The molecular weight excluding hydrogens is 168 g/mol. The van der Waals surface area contributed by atoms with Crippen molar-refractivity contribution in [2.45, 2.75) is 12.8 Å². The van der Waals surface area contributed by atoms with E-state index in [1.54, 1.807) is 21.6 Å². The second-order valence-electron chi connectivity index (χ2n) is 1.55. The van der Waals surface area contributed by atoms with Gasteiger partial charge in [0.15, 0.2) is 0 Å². The number of hydrogen-bond donors (Lipinski definition) is 0. The van der Waals surface area contributed by atoms with Gasteiger partial charge in [-0.15, -0.1) is 0 Å². The maximum Gasteiger partial charge on any atom is 0.120 e. The lowest BCUT2D eigenvalue weighted by molar-refractivity contribution is -0.108. The van der Waals surface area contributed by atoms with Crippen LogP contribution in [0.15, 0.2) is 0 Å². The van der Waals surface area contributed by atoms with E-state index in [0.29, 0.717) is 12.8 Å². The Morgan fingerprint density at radius 3 is 1.60 bits per heavy atom. The number of hydrogen-bond acceptors (Lipinski definition) is 4. The highest BCUT2D eigenvalue weighted by molar-refractivity contribution is 8.76. The molecule has 4 heteroatoms. The molecule has 0 aromatic carbocycles. The highest BCUT2D eigenvalue weighted by atomic mass is 33.1. The van der Waals surface area contributed by atoms with Crippen molar-refractivity contribution >= 4 is 34.2 Å². The topological polar surface area (TPSA) is 34.1 Å². The molecule has 0 N–H and O–H groups in total. The summed E-state index contributed by atoms with van der Waals surface area (Å²) in [6.07, 6.45) is 3.04. The molecule has 0 saturated heterocycles. The van der Waals surface area contributed by atoms with Crippen molar-refractivity contribution in [2.75, 3.05) is 11.5 Å². The Bertz CT molecular complexity index is 83.7. The third-order valence-corrected chi connectivity index (χ3v) is 3.19. The van der Waals surface area contributed by atoms with Crippen LogP contribution in [-0.2, 0) is 9.59 Å². The minimum atomic E-state index is 0.610. The molecule has 0 rings (SSSR count). The van der Waals surface area contributed by atoms with Crippen molar-refractivity contribution in [2.24, 2.45) is 0 Å². The van der Waals surface area contributed by atoms with Crippen LogP contribution in [0.2, 0.25) is 0 Å². The Balaban J connectivity index is 2.76. The smallest absolute Gasteiger partial charge is 0.120 e. The van der Waals surface area contributed by atoms with Gasteiger partial charge in [0.1, 0.15) is 12.6 Å². The van der Waals surface area contributed by atoms with Crippen LogP contribution in [0.1, 0.15) is 12.8 Å². The fourth-order valence-electron chi connectivity index (χ4n) is 0.310. The molecule has 0 saturated carbocycles. The molecule has 0 spiro atoms. The molecule has 0 aliphatic rings. The lowest BCUT2D eigenvalue weighted by Crippen LogP contribution is -1.79. The van der Waals surface area contributed by atoms with Crippen LogP contribution in [0.5, 0.6) is 0 Å². The largest absolute Gasteiger partial charge is 0.303 e. The zero-order chi connectivity index (χ0) is 7.66. The maximum atomic E-state index is 9.81. The van der Waals surface area contributed by atoms with E-state index in [0.717, 1.165) is 24.1 Å². The summed E-state index contributed by atoms with van der Waals surface area (Å²) >= 11 is 0. The second-order valence-corrected chi connectivity index (χ2v) is 4.26. The molecule has 58 valence electrons. The van der Waals surface area contributed by atoms with Crippen LogP contribution >= 0.6 is 21.6 Å². The van der Waals surface area contributed by atoms with E-state index >= 15 is 0 Å². The SMILES string of the molecule is O=CCCSSCCC=O. The van der Waals surface area contributed by atoms with Gasteiger partial charge in [0.2, 0.25) is 0 Å². The molecule has 0 heterocycles. The van der Waals surface area contributed by atoms with Crippen LogP contribution < -0.4 is 0 Å². The Labute approximate surface area is 68.5 Å². The summed E-state index contributed by atoms with van der Waals surface area (Å²) in [7, 11) is 3.29. The summed E-state index contributed by atoms with van der Waals surface area (Å²) < 4.78 is 0. The summed E-state index contributed by atoms with van der Waals surface area (Å²) in [5.74, 6) is 1.71. The van der Waals surface area contributed by atoms with Crippen LogP contribution in [0.3, 0.4) is 0 Å². The van der Waals surface area contributed by atoms with Gasteiger partial charge in [0, 0.05) is 24.3 Å². The molecule has 0 radical (unpaired) electrons. The average molecular weight is 178 g/mol. The highest BCUT2D eigenvalue weighted by Gasteiger charge is 1.88. The number of aldehydes is 2. The van der Waals surface area contributed by atoms with E-state index in [1.807, 2.05) is 0 Å². The van der Waals surface area contributed by atoms with Crippen molar-refractivity contribution in [1.82, 2.24) is 0 Å². The monoisotopic (exact) mass is 178 g/mol. The van der Waals surface area contributed by atoms with Gasteiger partial charge in [-0.3, -0.25) is 0 Å². The molecule has 0 fully saturated rings. The van der Waals surface area contributed by atoms with E-state index in [4.69, 9.17) is 0 Å². The molecule has 0 unspecified atom stereocenters. The summed E-state index contributed by atoms with van der Waals surface area (Å²) in [5.41, 5.74) is 0. The molecule has 0 aliphatic heterocycles. The standard InChI is InChI=1S/C6H10O2S2/c7-3-1-5-9-10-6-2-4-8/h3-4H,1-2,5-6H2. The first-order valence-electron chi connectivity index (χ1n) is 3.03. The minimum Gasteiger partial charge on any atom is -0.303 e. The Kier molecular flexibility index (Phi) is 9.08. The fraction of sp³-hybridized carbons (Fsp3) is 0.667.